The van der Waals surface area contributed by atoms with Crippen molar-refractivity contribution in [2.45, 2.75) is 19.2 Å². The maximum atomic E-state index is 12.5. The number of hydrogen-bond acceptors (Lipinski definition) is 4. The van der Waals surface area contributed by atoms with E-state index in [-0.39, 0.29) is 29.6 Å². The maximum Gasteiger partial charge on any atom is 1.00 e. The molecule has 4 nitrogen and oxygen atoms in total. The van der Waals surface area contributed by atoms with Crippen molar-refractivity contribution in [3.63, 3.8) is 0 Å². The van der Waals surface area contributed by atoms with E-state index in [9.17, 15) is 23.1 Å². The molecule has 0 fully saturated rings. The molecule has 0 amide bonds. The molecule has 0 N–H and O–H groups in total. The Morgan fingerprint density at radius 1 is 1.20 bits per heavy atom. The smallest absolute Gasteiger partial charge is 0.545 e. The molecule has 8 heteroatoms. The third-order valence-corrected chi connectivity index (χ3v) is 3.07. The SMILES string of the molecule is CC(/C=C/C(=O)[O-])Oc1ccc(-c2ccc(C(F)(F)F)cn2)cc1.[Na+]. The van der Waals surface area contributed by atoms with Crippen LogP contribution in [0.5, 0.6) is 5.75 Å². The van der Waals surface area contributed by atoms with Gasteiger partial charge in [-0.15, -0.1) is 0 Å². The van der Waals surface area contributed by atoms with Crippen LogP contribution in [0.1, 0.15) is 12.5 Å². The molecule has 0 aliphatic heterocycles. The summed E-state index contributed by atoms with van der Waals surface area (Å²) < 4.78 is 43.0. The number of halogens is 3. The first kappa shape index (κ1) is 21.2. The summed E-state index contributed by atoms with van der Waals surface area (Å²) >= 11 is 0. The number of carboxylic acids is 1. The Morgan fingerprint density at radius 3 is 2.32 bits per heavy atom. The number of aromatic nitrogens is 1. The van der Waals surface area contributed by atoms with Crippen LogP contribution in [-0.2, 0) is 11.0 Å². The fraction of sp³-hybridized carbons (Fsp3) is 0.176. The molecule has 1 atom stereocenters. The summed E-state index contributed by atoms with van der Waals surface area (Å²) in [4.78, 5) is 14.1. The number of aliphatic carboxylic acids is 1. The van der Waals surface area contributed by atoms with Crippen molar-refractivity contribution < 1.29 is 57.4 Å². The molecule has 1 unspecified atom stereocenters. The molecule has 1 aromatic heterocycles. The van der Waals surface area contributed by atoms with Gasteiger partial charge < -0.3 is 14.6 Å². The topological polar surface area (TPSA) is 62.2 Å². The van der Waals surface area contributed by atoms with E-state index in [1.165, 1.54) is 12.1 Å². The molecule has 0 spiro atoms. The Morgan fingerprint density at radius 2 is 1.84 bits per heavy atom. The van der Waals surface area contributed by atoms with Gasteiger partial charge in [0.15, 0.2) is 0 Å². The van der Waals surface area contributed by atoms with Crippen LogP contribution >= 0.6 is 0 Å². The largest absolute Gasteiger partial charge is 1.00 e. The number of benzene rings is 1. The zero-order valence-electron chi connectivity index (χ0n) is 13.6. The van der Waals surface area contributed by atoms with E-state index in [1.807, 2.05) is 0 Å². The van der Waals surface area contributed by atoms with Crippen molar-refractivity contribution in [2.75, 3.05) is 0 Å². The van der Waals surface area contributed by atoms with Crippen LogP contribution in [0.3, 0.4) is 0 Å². The van der Waals surface area contributed by atoms with Crippen LogP contribution in [0, 0.1) is 0 Å². The van der Waals surface area contributed by atoms with Crippen LogP contribution in [-0.4, -0.2) is 17.1 Å². The molecule has 126 valence electrons. The van der Waals surface area contributed by atoms with Crippen molar-refractivity contribution in [3.8, 4) is 17.0 Å². The van der Waals surface area contributed by atoms with Gasteiger partial charge in [0.25, 0.3) is 0 Å². The zero-order valence-corrected chi connectivity index (χ0v) is 15.6. The molecule has 0 radical (unpaired) electrons. The van der Waals surface area contributed by atoms with Gasteiger partial charge in [0, 0.05) is 11.8 Å². The van der Waals surface area contributed by atoms with Gasteiger partial charge in [-0.05, 0) is 55.5 Å². The quantitative estimate of drug-likeness (QED) is 0.550. The van der Waals surface area contributed by atoms with Crippen LogP contribution in [0.2, 0.25) is 0 Å². The van der Waals surface area contributed by atoms with E-state index in [0.717, 1.165) is 18.3 Å². The van der Waals surface area contributed by atoms with Gasteiger partial charge >= 0.3 is 35.7 Å². The van der Waals surface area contributed by atoms with Gasteiger partial charge in [0.1, 0.15) is 11.9 Å². The fourth-order valence-corrected chi connectivity index (χ4v) is 1.90. The average molecular weight is 359 g/mol. The number of carboxylic acid groups (broad SMARTS) is 1. The first-order valence-electron chi connectivity index (χ1n) is 6.95. The predicted octanol–water partition coefficient (Wildman–Crippen LogP) is -0.155. The second kappa shape index (κ2) is 9.03. The van der Waals surface area contributed by atoms with E-state index in [4.69, 9.17) is 4.74 Å². The first-order chi connectivity index (χ1) is 11.3. The first-order valence-corrected chi connectivity index (χ1v) is 6.95. The van der Waals surface area contributed by atoms with Gasteiger partial charge in [-0.1, -0.05) is 0 Å². The van der Waals surface area contributed by atoms with Crippen LogP contribution in [0.25, 0.3) is 11.3 Å². The molecule has 0 aliphatic rings. The predicted molar refractivity (Wildman–Crippen MR) is 78.9 cm³/mol. The van der Waals surface area contributed by atoms with Crippen LogP contribution < -0.4 is 39.4 Å². The van der Waals surface area contributed by atoms with E-state index >= 15 is 0 Å². The summed E-state index contributed by atoms with van der Waals surface area (Å²) in [5.41, 5.74) is 0.230. The Labute approximate surface area is 164 Å². The molecule has 0 saturated heterocycles. The minimum absolute atomic E-state index is 0. The van der Waals surface area contributed by atoms with Crippen molar-refractivity contribution in [1.29, 1.82) is 0 Å². The van der Waals surface area contributed by atoms with Gasteiger partial charge in [-0.25, -0.2) is 0 Å². The third kappa shape index (κ3) is 6.53. The van der Waals surface area contributed by atoms with Gasteiger partial charge in [0.2, 0.25) is 0 Å². The van der Waals surface area contributed by atoms with Crippen LogP contribution in [0.15, 0.2) is 54.7 Å². The third-order valence-electron chi connectivity index (χ3n) is 3.07. The summed E-state index contributed by atoms with van der Waals surface area (Å²) in [6, 6.07) is 8.82. The summed E-state index contributed by atoms with van der Waals surface area (Å²) in [6.07, 6.45) is -1.89. The number of pyridine rings is 1. The fourth-order valence-electron chi connectivity index (χ4n) is 1.90. The second-order valence-corrected chi connectivity index (χ2v) is 4.96. The molecule has 1 aromatic carbocycles. The van der Waals surface area contributed by atoms with Gasteiger partial charge in [-0.3, -0.25) is 4.98 Å². The number of carbonyl (C=O) groups excluding carboxylic acids is 1. The molecule has 25 heavy (non-hydrogen) atoms. The van der Waals surface area contributed by atoms with Crippen molar-refractivity contribution in [1.82, 2.24) is 4.98 Å². The van der Waals surface area contributed by atoms with Crippen molar-refractivity contribution >= 4 is 5.97 Å². The molecule has 0 bridgehead atoms. The molecule has 2 rings (SSSR count). The molecule has 0 saturated carbocycles. The summed E-state index contributed by atoms with van der Waals surface area (Å²) in [5.74, 6) is -0.824. The number of hydrogen-bond donors (Lipinski definition) is 0. The molecule has 1 heterocycles. The number of nitrogens with zero attached hydrogens (tertiary/aromatic N) is 1. The maximum absolute atomic E-state index is 12.5. The minimum atomic E-state index is -4.42. The number of alkyl halides is 3. The standard InChI is InChI=1S/C17H14F3NO3.Na/c1-11(2-9-16(22)23)24-14-6-3-12(4-7-14)15-8-5-13(10-21-15)17(18,19)20;/h2-11H,1H3,(H,22,23);/q;+1/p-1/b9-2+;. The van der Waals surface area contributed by atoms with Gasteiger partial charge in [-0.2, -0.15) is 13.2 Å². The average Bonchev–Trinajstić information content (AvgIpc) is 2.53. The molecule has 0 aliphatic carbocycles. The van der Waals surface area contributed by atoms with E-state index in [2.05, 4.69) is 4.98 Å². The molecular formula is C17H13F3NNaO3. The van der Waals surface area contributed by atoms with E-state index in [0.29, 0.717) is 17.0 Å². The molecular weight excluding hydrogens is 346 g/mol. The molecule has 2 aromatic rings. The monoisotopic (exact) mass is 359 g/mol. The van der Waals surface area contributed by atoms with Crippen LogP contribution in [0.4, 0.5) is 13.2 Å². The summed E-state index contributed by atoms with van der Waals surface area (Å²) in [5, 5.41) is 10.3. The number of carbonyl (C=O) groups is 1. The van der Waals surface area contributed by atoms with Crippen molar-refractivity contribution in [3.05, 3.63) is 60.3 Å². The Balaban J connectivity index is 0.00000312. The number of rotatable bonds is 5. The Kier molecular flexibility index (Phi) is 7.66. The zero-order chi connectivity index (χ0) is 17.7. The second-order valence-electron chi connectivity index (χ2n) is 4.96. The van der Waals surface area contributed by atoms with Crippen molar-refractivity contribution in [2.24, 2.45) is 0 Å². The van der Waals surface area contributed by atoms with Gasteiger partial charge in [0.05, 0.1) is 17.2 Å². The summed E-state index contributed by atoms with van der Waals surface area (Å²) in [7, 11) is 0. The normalized spacial score (nSPS) is 12.5. The minimum Gasteiger partial charge on any atom is -0.545 e. The summed E-state index contributed by atoms with van der Waals surface area (Å²) in [6.45, 7) is 1.66. The van der Waals surface area contributed by atoms with E-state index < -0.39 is 23.8 Å². The number of ether oxygens (including phenoxy) is 1. The Bertz CT molecular complexity index is 728. The van der Waals surface area contributed by atoms with E-state index in [1.54, 1.807) is 31.2 Å². The Hall–Kier alpha value is -1.83.